The Kier molecular flexibility index (Phi) is 10.0. The van der Waals surface area contributed by atoms with Crippen molar-refractivity contribution >= 4 is 35.4 Å². The van der Waals surface area contributed by atoms with Crippen LogP contribution in [0, 0.1) is 11.3 Å². The van der Waals surface area contributed by atoms with E-state index in [1.54, 1.807) is 66.7 Å². The van der Waals surface area contributed by atoms with Gasteiger partial charge in [0.2, 0.25) is 5.91 Å². The predicted molar refractivity (Wildman–Crippen MR) is 122 cm³/mol. The number of carbonyl (C=O) groups is 4. The largest absolute Gasteiger partial charge is 0.480 e. The fourth-order valence-corrected chi connectivity index (χ4v) is 3.63. The van der Waals surface area contributed by atoms with Gasteiger partial charge in [0.15, 0.2) is 12.1 Å². The first kappa shape index (κ1) is 26.4. The topological polar surface area (TPSA) is 139 Å². The van der Waals surface area contributed by atoms with E-state index in [0.29, 0.717) is 21.1 Å². The van der Waals surface area contributed by atoms with Crippen LogP contribution in [0.4, 0.5) is 0 Å². The van der Waals surface area contributed by atoms with Crippen LogP contribution in [0.1, 0.15) is 24.0 Å². The van der Waals surface area contributed by atoms with Gasteiger partial charge in [-0.3, -0.25) is 9.59 Å². The lowest BCUT2D eigenvalue weighted by atomic mass is 10.0. The van der Waals surface area contributed by atoms with Gasteiger partial charge in [0, 0.05) is 25.1 Å². The monoisotopic (exact) mass is 485 g/mol. The van der Waals surface area contributed by atoms with Crippen molar-refractivity contribution < 1.29 is 29.4 Å². The van der Waals surface area contributed by atoms with Gasteiger partial charge in [0.25, 0.3) is 5.91 Å². The van der Waals surface area contributed by atoms with Gasteiger partial charge in [-0.15, -0.1) is 11.6 Å². The molecule has 0 aliphatic rings. The summed E-state index contributed by atoms with van der Waals surface area (Å²) in [4.78, 5) is 50.8. The molecular weight excluding hydrogens is 462 g/mol. The molecule has 0 saturated heterocycles. The number of halogens is 1. The zero-order valence-electron chi connectivity index (χ0n) is 18.2. The predicted octanol–water partition coefficient (Wildman–Crippen LogP) is 2.49. The number of nitrogens with zero attached hydrogens (tertiary/aromatic N) is 3. The quantitative estimate of drug-likeness (QED) is 0.368. The van der Waals surface area contributed by atoms with Crippen LogP contribution >= 0.6 is 11.6 Å². The molecule has 0 aliphatic heterocycles. The average Bonchev–Trinajstić information content (AvgIpc) is 2.81. The van der Waals surface area contributed by atoms with E-state index >= 15 is 0 Å². The number of aliphatic carboxylic acids is 2. The lowest BCUT2D eigenvalue weighted by Crippen LogP contribution is -2.63. The van der Waals surface area contributed by atoms with E-state index in [4.69, 9.17) is 16.9 Å². The summed E-state index contributed by atoms with van der Waals surface area (Å²) in [6, 6.07) is 15.2. The Bertz CT molecular complexity index is 1040. The Morgan fingerprint density at radius 1 is 0.794 bits per heavy atom. The molecule has 0 radical (unpaired) electrons. The van der Waals surface area contributed by atoms with Crippen molar-refractivity contribution in [1.82, 2.24) is 10.0 Å². The van der Waals surface area contributed by atoms with E-state index in [9.17, 15) is 29.4 Å². The van der Waals surface area contributed by atoms with Crippen LogP contribution in [-0.4, -0.2) is 61.9 Å². The number of alkyl halides is 1. The summed E-state index contributed by atoms with van der Waals surface area (Å²) in [5.74, 6) is -4.92. The number of benzene rings is 2. The summed E-state index contributed by atoms with van der Waals surface area (Å²) in [5, 5.41) is 30.4. The van der Waals surface area contributed by atoms with Crippen LogP contribution in [0.2, 0.25) is 0 Å². The first-order chi connectivity index (χ1) is 16.3. The molecule has 0 bridgehead atoms. The molecule has 0 spiro atoms. The van der Waals surface area contributed by atoms with E-state index < -0.39 is 42.3 Å². The Morgan fingerprint density at radius 3 is 1.56 bits per heavy atom. The summed E-state index contributed by atoms with van der Waals surface area (Å²) in [5.41, 5.74) is 1.10. The van der Waals surface area contributed by atoms with Gasteiger partial charge >= 0.3 is 11.9 Å². The molecular formula is C24H24ClN3O6. The molecule has 2 N–H and O–H groups in total. The first-order valence-corrected chi connectivity index (χ1v) is 10.9. The number of amides is 2. The number of carbonyl (C=O) groups excluding carboxylic acids is 2. The highest BCUT2D eigenvalue weighted by atomic mass is 35.5. The Labute approximate surface area is 201 Å². The third kappa shape index (κ3) is 7.05. The Hall–Kier alpha value is -3.90. The molecule has 0 unspecified atom stereocenters. The summed E-state index contributed by atoms with van der Waals surface area (Å²) >= 11 is 5.74. The van der Waals surface area contributed by atoms with Gasteiger partial charge in [0.05, 0.1) is 6.07 Å². The summed E-state index contributed by atoms with van der Waals surface area (Å²) < 4.78 is 0. The number of rotatable bonds is 11. The van der Waals surface area contributed by atoms with E-state index in [1.165, 1.54) is 0 Å². The maximum absolute atomic E-state index is 13.1. The lowest BCUT2D eigenvalue weighted by molar-refractivity contribution is -0.186. The summed E-state index contributed by atoms with van der Waals surface area (Å²) in [6.07, 6.45) is -1.50. The highest BCUT2D eigenvalue weighted by Crippen LogP contribution is 2.21. The van der Waals surface area contributed by atoms with Gasteiger partial charge < -0.3 is 10.2 Å². The van der Waals surface area contributed by atoms with Gasteiger partial charge in [0.1, 0.15) is 6.42 Å². The number of hydrogen-bond acceptors (Lipinski definition) is 5. The molecule has 0 heterocycles. The molecule has 178 valence electrons. The van der Waals surface area contributed by atoms with E-state index in [2.05, 4.69) is 0 Å². The SMILES string of the molecule is N#CCC(=O)N([C@@H](Cc1ccccc1)C(=O)O)N(C(=O)CCCl)[C@@H](Cc1ccccc1)C(=O)O. The number of carboxylic acids is 2. The lowest BCUT2D eigenvalue weighted by Gasteiger charge is -2.41. The number of hydrazine groups is 1. The van der Waals surface area contributed by atoms with Crippen molar-refractivity contribution in [3.63, 3.8) is 0 Å². The van der Waals surface area contributed by atoms with Crippen LogP contribution in [0.5, 0.6) is 0 Å². The first-order valence-electron chi connectivity index (χ1n) is 10.4. The van der Waals surface area contributed by atoms with Crippen LogP contribution in [0.3, 0.4) is 0 Å². The van der Waals surface area contributed by atoms with Crippen molar-refractivity contribution in [3.8, 4) is 6.07 Å². The van der Waals surface area contributed by atoms with Gasteiger partial charge in [-0.25, -0.2) is 19.6 Å². The maximum atomic E-state index is 13.1. The highest BCUT2D eigenvalue weighted by Gasteiger charge is 2.42. The Morgan fingerprint density at radius 2 is 1.21 bits per heavy atom. The van der Waals surface area contributed by atoms with Crippen molar-refractivity contribution in [2.24, 2.45) is 0 Å². The molecule has 2 amide bonds. The molecule has 0 aromatic heterocycles. The van der Waals surface area contributed by atoms with Crippen LogP contribution in [0.15, 0.2) is 60.7 Å². The summed E-state index contributed by atoms with van der Waals surface area (Å²) in [6.45, 7) is 0. The molecule has 0 saturated carbocycles. The summed E-state index contributed by atoms with van der Waals surface area (Å²) in [7, 11) is 0. The maximum Gasteiger partial charge on any atom is 0.328 e. The second-order valence-electron chi connectivity index (χ2n) is 7.34. The molecule has 2 rings (SSSR count). The van der Waals surface area contributed by atoms with E-state index in [1.807, 2.05) is 0 Å². The highest BCUT2D eigenvalue weighted by molar-refractivity contribution is 6.19. The van der Waals surface area contributed by atoms with E-state index in [0.717, 1.165) is 0 Å². The van der Waals surface area contributed by atoms with Crippen molar-refractivity contribution in [3.05, 3.63) is 71.8 Å². The zero-order chi connectivity index (χ0) is 25.1. The van der Waals surface area contributed by atoms with E-state index in [-0.39, 0.29) is 25.1 Å². The van der Waals surface area contributed by atoms with Crippen LogP contribution in [0.25, 0.3) is 0 Å². The number of hydrogen-bond donors (Lipinski definition) is 2. The molecule has 0 fully saturated rings. The minimum atomic E-state index is -1.64. The molecule has 9 nitrogen and oxygen atoms in total. The molecule has 2 aromatic rings. The molecule has 2 atom stereocenters. The molecule has 10 heteroatoms. The average molecular weight is 486 g/mol. The minimum Gasteiger partial charge on any atom is -0.480 e. The fraction of sp³-hybridized carbons (Fsp3) is 0.292. The second-order valence-corrected chi connectivity index (χ2v) is 7.72. The van der Waals surface area contributed by atoms with Gasteiger partial charge in [-0.1, -0.05) is 60.7 Å². The van der Waals surface area contributed by atoms with Crippen LogP contribution in [-0.2, 0) is 32.0 Å². The smallest absolute Gasteiger partial charge is 0.328 e. The van der Waals surface area contributed by atoms with Crippen molar-refractivity contribution in [2.75, 3.05) is 5.88 Å². The van der Waals surface area contributed by atoms with Crippen LogP contribution < -0.4 is 0 Å². The standard InChI is InChI=1S/C24H24ClN3O6/c25-13-11-21(29)27(19(23(31)32)15-17-7-3-1-4-8-17)28(22(30)12-14-26)20(24(33)34)16-18-9-5-2-6-10-18/h1-10,19-20H,11-13,15-16H2,(H,31,32)(H,33,34)/t19-,20-/m0/s1. The molecule has 2 aromatic carbocycles. The van der Waals surface area contributed by atoms with Gasteiger partial charge in [-0.2, -0.15) is 5.26 Å². The third-order valence-electron chi connectivity index (χ3n) is 4.99. The normalized spacial score (nSPS) is 12.1. The van der Waals surface area contributed by atoms with Gasteiger partial charge in [-0.05, 0) is 11.1 Å². The third-order valence-corrected chi connectivity index (χ3v) is 5.18. The molecule has 34 heavy (non-hydrogen) atoms. The van der Waals surface area contributed by atoms with Crippen molar-refractivity contribution in [2.45, 2.75) is 37.8 Å². The molecule has 0 aliphatic carbocycles. The minimum absolute atomic E-state index is 0.177. The zero-order valence-corrected chi connectivity index (χ0v) is 19.0. The van der Waals surface area contributed by atoms with Crippen molar-refractivity contribution in [1.29, 1.82) is 5.26 Å². The Balaban J connectivity index is 2.63. The number of nitriles is 1. The second kappa shape index (κ2) is 13.0. The number of carboxylic acid groups (broad SMARTS) is 2. The fourth-order valence-electron chi connectivity index (χ4n) is 3.46.